The molecule has 1 fully saturated rings. The lowest BCUT2D eigenvalue weighted by Gasteiger charge is -2.40. The zero-order chi connectivity index (χ0) is 24.1. The van der Waals surface area contributed by atoms with Gasteiger partial charge in [-0.2, -0.15) is 0 Å². The maximum atomic E-state index is 13.0. The number of ether oxygens (including phenoxy) is 1. The minimum absolute atomic E-state index is 0.0156. The van der Waals surface area contributed by atoms with E-state index in [1.54, 1.807) is 29.7 Å². The van der Waals surface area contributed by atoms with Crippen LogP contribution in [0, 0.1) is 6.92 Å². The number of carbonyl (C=O) groups excluding carboxylic acids is 2. The van der Waals surface area contributed by atoms with Crippen molar-refractivity contribution in [2.24, 2.45) is 0 Å². The first kappa shape index (κ1) is 23.7. The van der Waals surface area contributed by atoms with E-state index < -0.39 is 11.4 Å². The van der Waals surface area contributed by atoms with Crippen molar-refractivity contribution in [1.29, 1.82) is 0 Å². The van der Waals surface area contributed by atoms with E-state index in [1.165, 1.54) is 0 Å². The van der Waals surface area contributed by atoms with Crippen molar-refractivity contribution in [3.63, 3.8) is 0 Å². The largest absolute Gasteiger partial charge is 0.489 e. The number of nitrogens with zero attached hydrogens (tertiary/aromatic N) is 1. The van der Waals surface area contributed by atoms with Crippen LogP contribution in [0.15, 0.2) is 54.6 Å². The van der Waals surface area contributed by atoms with E-state index in [0.717, 1.165) is 22.2 Å². The quantitative estimate of drug-likeness (QED) is 0.317. The Kier molecular flexibility index (Phi) is 7.09. The number of aryl methyl sites for hydroxylation is 1. The average Bonchev–Trinajstić information content (AvgIpc) is 2.82. The molecule has 1 aliphatic heterocycles. The number of piperidine rings is 1. The van der Waals surface area contributed by atoms with E-state index >= 15 is 0 Å². The normalized spacial score (nSPS) is 20.0. The Bertz CT molecular complexity index is 1180. The lowest BCUT2D eigenvalue weighted by atomic mass is 9.81. The molecule has 2 heterocycles. The molecule has 34 heavy (non-hydrogen) atoms. The number of rotatable bonds is 7. The number of aromatic nitrogens is 1. The van der Waals surface area contributed by atoms with Gasteiger partial charge in [-0.05, 0) is 69.6 Å². The van der Waals surface area contributed by atoms with Gasteiger partial charge in [-0.3, -0.25) is 19.8 Å². The van der Waals surface area contributed by atoms with Crippen LogP contribution >= 0.6 is 0 Å². The molecule has 1 aliphatic rings. The van der Waals surface area contributed by atoms with Crippen LogP contribution in [0.25, 0.3) is 10.9 Å². The van der Waals surface area contributed by atoms with E-state index in [-0.39, 0.29) is 18.4 Å². The number of para-hydroxylation sites is 1. The van der Waals surface area contributed by atoms with Gasteiger partial charge in [-0.25, -0.2) is 5.48 Å². The van der Waals surface area contributed by atoms with Crippen molar-refractivity contribution in [3.05, 3.63) is 71.4 Å². The number of pyridine rings is 1. The maximum absolute atomic E-state index is 13.0. The molecule has 1 saturated heterocycles. The number of hydrogen-bond donors (Lipinski definition) is 4. The molecule has 0 spiro atoms. The standard InChI is InChI=1S/C26H30N4O4/c1-17-13-20(22-5-3-4-6-23(22)28-17)16-34-21-9-7-19(8-10-21)25(32)29-26(15-24(31)30-33)11-12-27-18(2)14-26/h3-10,13,18,27,33H,11-12,14-16H2,1-2H3,(H,29,32)(H,30,31). The third-order valence-electron chi connectivity index (χ3n) is 6.24. The fraction of sp³-hybridized carbons (Fsp3) is 0.346. The molecule has 0 bridgehead atoms. The van der Waals surface area contributed by atoms with Gasteiger partial charge in [-0.15, -0.1) is 0 Å². The van der Waals surface area contributed by atoms with E-state index in [0.29, 0.717) is 37.3 Å². The van der Waals surface area contributed by atoms with Crippen LogP contribution in [-0.4, -0.2) is 40.1 Å². The fourth-order valence-electron chi connectivity index (χ4n) is 4.67. The second-order valence-corrected chi connectivity index (χ2v) is 9.01. The highest BCUT2D eigenvalue weighted by Gasteiger charge is 2.38. The van der Waals surface area contributed by atoms with E-state index in [2.05, 4.69) is 15.6 Å². The molecule has 1 aromatic heterocycles. The number of nitrogens with one attached hydrogen (secondary N) is 3. The van der Waals surface area contributed by atoms with Gasteiger partial charge < -0.3 is 15.4 Å². The first-order valence-corrected chi connectivity index (χ1v) is 11.4. The second kappa shape index (κ2) is 10.2. The van der Waals surface area contributed by atoms with E-state index in [1.807, 2.05) is 44.2 Å². The van der Waals surface area contributed by atoms with Gasteiger partial charge in [0.1, 0.15) is 12.4 Å². The van der Waals surface area contributed by atoms with Crippen LogP contribution in [0.1, 0.15) is 47.8 Å². The second-order valence-electron chi connectivity index (χ2n) is 9.01. The fourth-order valence-corrected chi connectivity index (χ4v) is 4.67. The number of amides is 2. The third-order valence-corrected chi connectivity index (χ3v) is 6.24. The Morgan fingerprint density at radius 1 is 1.21 bits per heavy atom. The summed E-state index contributed by atoms with van der Waals surface area (Å²) in [4.78, 5) is 29.4. The number of benzene rings is 2. The van der Waals surface area contributed by atoms with Crippen molar-refractivity contribution in [1.82, 2.24) is 21.1 Å². The molecule has 4 rings (SSSR count). The van der Waals surface area contributed by atoms with Crippen molar-refractivity contribution in [2.45, 2.75) is 51.3 Å². The molecular weight excluding hydrogens is 432 g/mol. The zero-order valence-electron chi connectivity index (χ0n) is 19.4. The van der Waals surface area contributed by atoms with Crippen molar-refractivity contribution < 1.29 is 19.5 Å². The monoisotopic (exact) mass is 462 g/mol. The summed E-state index contributed by atoms with van der Waals surface area (Å²) in [6.07, 6.45) is 1.20. The highest BCUT2D eigenvalue weighted by Crippen LogP contribution is 2.27. The molecule has 0 saturated carbocycles. The van der Waals surface area contributed by atoms with Gasteiger partial charge in [0.25, 0.3) is 5.91 Å². The van der Waals surface area contributed by atoms with Crippen LogP contribution < -0.4 is 20.9 Å². The van der Waals surface area contributed by atoms with Crippen LogP contribution in [0.3, 0.4) is 0 Å². The SMILES string of the molecule is Cc1cc(COc2ccc(C(=O)NC3(CC(=O)NO)CCNC(C)C3)cc2)c2ccccc2n1. The lowest BCUT2D eigenvalue weighted by Crippen LogP contribution is -2.58. The van der Waals surface area contributed by atoms with E-state index in [4.69, 9.17) is 9.94 Å². The van der Waals surface area contributed by atoms with Gasteiger partial charge in [0.2, 0.25) is 5.91 Å². The summed E-state index contributed by atoms with van der Waals surface area (Å²) in [5.41, 5.74) is 4.36. The van der Waals surface area contributed by atoms with Gasteiger partial charge in [-0.1, -0.05) is 18.2 Å². The van der Waals surface area contributed by atoms with Crippen molar-refractivity contribution in [2.75, 3.05) is 6.54 Å². The summed E-state index contributed by atoms with van der Waals surface area (Å²) in [6.45, 7) is 5.04. The van der Waals surface area contributed by atoms with Crippen molar-refractivity contribution in [3.8, 4) is 5.75 Å². The van der Waals surface area contributed by atoms with Crippen LogP contribution in [0.4, 0.5) is 0 Å². The zero-order valence-corrected chi connectivity index (χ0v) is 19.4. The molecule has 8 heteroatoms. The first-order valence-electron chi connectivity index (χ1n) is 11.4. The van der Waals surface area contributed by atoms with Gasteiger partial charge in [0, 0.05) is 28.2 Å². The molecule has 4 N–H and O–H groups in total. The lowest BCUT2D eigenvalue weighted by molar-refractivity contribution is -0.131. The molecule has 2 unspecified atom stereocenters. The third kappa shape index (κ3) is 5.52. The Labute approximate surface area is 198 Å². The minimum atomic E-state index is -0.718. The van der Waals surface area contributed by atoms with Gasteiger partial charge >= 0.3 is 0 Å². The summed E-state index contributed by atoms with van der Waals surface area (Å²) in [5, 5.41) is 16.4. The van der Waals surface area contributed by atoms with Crippen LogP contribution in [0.2, 0.25) is 0 Å². The molecule has 2 aromatic carbocycles. The smallest absolute Gasteiger partial charge is 0.251 e. The topological polar surface area (TPSA) is 113 Å². The predicted octanol–water partition coefficient (Wildman–Crippen LogP) is 3.26. The first-order chi connectivity index (χ1) is 16.4. The molecule has 0 aliphatic carbocycles. The Morgan fingerprint density at radius 3 is 2.71 bits per heavy atom. The van der Waals surface area contributed by atoms with Gasteiger partial charge in [0.15, 0.2) is 0 Å². The average molecular weight is 463 g/mol. The summed E-state index contributed by atoms with van der Waals surface area (Å²) >= 11 is 0. The number of carbonyl (C=O) groups is 2. The minimum Gasteiger partial charge on any atom is -0.489 e. The van der Waals surface area contributed by atoms with Gasteiger partial charge in [0.05, 0.1) is 17.5 Å². The number of hydroxylamine groups is 1. The summed E-state index contributed by atoms with van der Waals surface area (Å²) in [6, 6.07) is 17.1. The summed E-state index contributed by atoms with van der Waals surface area (Å²) in [5.74, 6) is -0.126. The highest BCUT2D eigenvalue weighted by atomic mass is 16.5. The van der Waals surface area contributed by atoms with Crippen LogP contribution in [-0.2, 0) is 11.4 Å². The predicted molar refractivity (Wildman–Crippen MR) is 129 cm³/mol. The maximum Gasteiger partial charge on any atom is 0.251 e. The Hall–Kier alpha value is -3.49. The molecule has 2 amide bonds. The Morgan fingerprint density at radius 2 is 1.97 bits per heavy atom. The molecule has 2 atom stereocenters. The highest BCUT2D eigenvalue weighted by molar-refractivity contribution is 5.95. The Balaban J connectivity index is 1.44. The molecular formula is C26H30N4O4. The molecule has 178 valence electrons. The molecule has 0 radical (unpaired) electrons. The van der Waals surface area contributed by atoms with Crippen molar-refractivity contribution >= 4 is 22.7 Å². The summed E-state index contributed by atoms with van der Waals surface area (Å²) in [7, 11) is 0. The molecule has 3 aromatic rings. The van der Waals surface area contributed by atoms with Crippen LogP contribution in [0.5, 0.6) is 5.75 Å². The van der Waals surface area contributed by atoms with E-state index in [9.17, 15) is 9.59 Å². The molecule has 8 nitrogen and oxygen atoms in total. The summed E-state index contributed by atoms with van der Waals surface area (Å²) < 4.78 is 5.99. The number of fused-ring (bicyclic) bond motifs is 1. The number of hydrogen-bond acceptors (Lipinski definition) is 6.